The van der Waals surface area contributed by atoms with E-state index in [4.69, 9.17) is 20.9 Å². The molecule has 27 heavy (non-hydrogen) atoms. The first-order valence-corrected chi connectivity index (χ1v) is 9.11. The fourth-order valence-corrected chi connectivity index (χ4v) is 2.54. The highest BCUT2D eigenvalue weighted by molar-refractivity contribution is 6.30. The number of hydrogen-bond donors (Lipinski definition) is 1. The van der Waals surface area contributed by atoms with Gasteiger partial charge in [0.25, 0.3) is 0 Å². The molecular weight excluding hydrogens is 366 g/mol. The molecule has 1 amide bonds. The maximum atomic E-state index is 11.9. The molecule has 0 fully saturated rings. The number of hydrogen-bond acceptors (Lipinski definition) is 5. The molecule has 1 heterocycles. The van der Waals surface area contributed by atoms with Crippen molar-refractivity contribution in [3.8, 4) is 17.1 Å². The Bertz CT molecular complexity index is 850. The van der Waals surface area contributed by atoms with E-state index in [9.17, 15) is 4.79 Å². The highest BCUT2D eigenvalue weighted by Gasteiger charge is 2.09. The van der Waals surface area contributed by atoms with Gasteiger partial charge in [0.2, 0.25) is 17.6 Å². The lowest BCUT2D eigenvalue weighted by Gasteiger charge is -2.06. The third-order valence-corrected chi connectivity index (χ3v) is 4.04. The molecule has 0 aliphatic carbocycles. The molecule has 3 aromatic rings. The Morgan fingerprint density at radius 3 is 2.67 bits per heavy atom. The molecule has 7 heteroatoms. The third-order valence-electron chi connectivity index (χ3n) is 3.79. The van der Waals surface area contributed by atoms with E-state index < -0.39 is 0 Å². The summed E-state index contributed by atoms with van der Waals surface area (Å²) in [6, 6.07) is 16.7. The molecule has 3 rings (SSSR count). The van der Waals surface area contributed by atoms with Crippen molar-refractivity contribution in [2.45, 2.75) is 19.3 Å². The summed E-state index contributed by atoms with van der Waals surface area (Å²) in [5.41, 5.74) is 0.830. The number of ether oxygens (including phenoxy) is 1. The average Bonchev–Trinajstić information content (AvgIpc) is 3.15. The van der Waals surface area contributed by atoms with Crippen molar-refractivity contribution in [1.29, 1.82) is 0 Å². The smallest absolute Gasteiger partial charge is 0.228 e. The van der Waals surface area contributed by atoms with Crippen LogP contribution in [0.3, 0.4) is 0 Å². The number of para-hydroxylation sites is 1. The molecule has 0 unspecified atom stereocenters. The molecule has 2 aromatic carbocycles. The number of aromatic nitrogens is 2. The monoisotopic (exact) mass is 385 g/mol. The number of carbonyl (C=O) groups excluding carboxylic acids is 1. The number of rotatable bonds is 9. The number of halogens is 1. The Hall–Kier alpha value is -2.86. The van der Waals surface area contributed by atoms with Crippen LogP contribution in [0.5, 0.6) is 5.75 Å². The average molecular weight is 386 g/mol. The normalized spacial score (nSPS) is 10.6. The lowest BCUT2D eigenvalue weighted by molar-refractivity contribution is -0.121. The van der Waals surface area contributed by atoms with E-state index >= 15 is 0 Å². The SMILES string of the molecule is O=C(CCCOc1ccccc1)NCCc1nc(-c2ccc(Cl)cc2)no1. The predicted octanol–water partition coefficient (Wildman–Crippen LogP) is 3.91. The van der Waals surface area contributed by atoms with Gasteiger partial charge in [-0.15, -0.1) is 0 Å². The van der Waals surface area contributed by atoms with Crippen LogP contribution in [0.1, 0.15) is 18.7 Å². The minimum Gasteiger partial charge on any atom is -0.494 e. The largest absolute Gasteiger partial charge is 0.494 e. The Labute approximate surface area is 162 Å². The molecular formula is C20H20ClN3O3. The minimum absolute atomic E-state index is 0.0240. The highest BCUT2D eigenvalue weighted by atomic mass is 35.5. The van der Waals surface area contributed by atoms with Crippen molar-refractivity contribution in [1.82, 2.24) is 15.5 Å². The van der Waals surface area contributed by atoms with Crippen molar-refractivity contribution >= 4 is 17.5 Å². The van der Waals surface area contributed by atoms with E-state index in [-0.39, 0.29) is 5.91 Å². The van der Waals surface area contributed by atoms with Gasteiger partial charge >= 0.3 is 0 Å². The number of amides is 1. The molecule has 0 radical (unpaired) electrons. The van der Waals surface area contributed by atoms with Crippen molar-refractivity contribution < 1.29 is 14.1 Å². The Morgan fingerprint density at radius 1 is 1.11 bits per heavy atom. The number of benzene rings is 2. The fraction of sp³-hybridized carbons (Fsp3) is 0.250. The van der Waals surface area contributed by atoms with E-state index in [0.717, 1.165) is 11.3 Å². The second-order valence-electron chi connectivity index (χ2n) is 5.88. The Balaban J connectivity index is 1.33. The Kier molecular flexibility index (Phi) is 6.82. The van der Waals surface area contributed by atoms with E-state index in [2.05, 4.69) is 15.5 Å². The molecule has 0 atom stereocenters. The third kappa shape index (κ3) is 6.11. The fourth-order valence-electron chi connectivity index (χ4n) is 2.41. The molecule has 1 aromatic heterocycles. The molecule has 0 aliphatic heterocycles. The molecule has 0 bridgehead atoms. The summed E-state index contributed by atoms with van der Waals surface area (Å²) in [4.78, 5) is 16.2. The van der Waals surface area contributed by atoms with Crippen LogP contribution in [-0.2, 0) is 11.2 Å². The van der Waals surface area contributed by atoms with Crippen molar-refractivity contribution in [3.05, 3.63) is 65.5 Å². The molecule has 0 saturated heterocycles. The van der Waals surface area contributed by atoms with Gasteiger partial charge in [0.15, 0.2) is 0 Å². The molecule has 0 spiro atoms. The van der Waals surface area contributed by atoms with Crippen LogP contribution in [0.2, 0.25) is 5.02 Å². The van der Waals surface area contributed by atoms with Gasteiger partial charge in [-0.05, 0) is 42.8 Å². The Morgan fingerprint density at radius 2 is 1.89 bits per heavy atom. The summed E-state index contributed by atoms with van der Waals surface area (Å²) < 4.78 is 10.8. The predicted molar refractivity (Wildman–Crippen MR) is 103 cm³/mol. The quantitative estimate of drug-likeness (QED) is 0.565. The molecule has 0 saturated carbocycles. The standard InChI is InChI=1S/C20H20ClN3O3/c21-16-10-8-15(9-11-16)20-23-19(27-24-20)12-13-22-18(25)7-4-14-26-17-5-2-1-3-6-17/h1-3,5-6,8-11H,4,7,12-14H2,(H,22,25). The first-order chi connectivity index (χ1) is 13.2. The summed E-state index contributed by atoms with van der Waals surface area (Å²) in [6.45, 7) is 0.951. The van der Waals surface area contributed by atoms with Gasteiger partial charge in [-0.1, -0.05) is 35.0 Å². The van der Waals surface area contributed by atoms with Crippen molar-refractivity contribution in [3.63, 3.8) is 0 Å². The molecule has 0 aliphatic rings. The van der Waals surface area contributed by atoms with Crippen LogP contribution >= 0.6 is 11.6 Å². The van der Waals surface area contributed by atoms with Gasteiger partial charge in [-0.3, -0.25) is 4.79 Å². The summed E-state index contributed by atoms with van der Waals surface area (Å²) in [7, 11) is 0. The van der Waals surface area contributed by atoms with Crippen LogP contribution in [-0.4, -0.2) is 29.2 Å². The first kappa shape index (κ1) is 18.9. The first-order valence-electron chi connectivity index (χ1n) is 8.74. The van der Waals surface area contributed by atoms with Gasteiger partial charge in [-0.25, -0.2) is 0 Å². The van der Waals surface area contributed by atoms with Crippen LogP contribution in [0.15, 0.2) is 59.1 Å². The van der Waals surface area contributed by atoms with E-state index in [1.54, 1.807) is 12.1 Å². The highest BCUT2D eigenvalue weighted by Crippen LogP contribution is 2.18. The molecule has 140 valence electrons. The summed E-state index contributed by atoms with van der Waals surface area (Å²) in [5, 5.41) is 7.44. The zero-order valence-corrected chi connectivity index (χ0v) is 15.5. The van der Waals surface area contributed by atoms with Gasteiger partial charge in [-0.2, -0.15) is 4.98 Å². The summed E-state index contributed by atoms with van der Waals surface area (Å²) >= 11 is 5.87. The zero-order valence-electron chi connectivity index (χ0n) is 14.7. The molecule has 6 nitrogen and oxygen atoms in total. The van der Waals surface area contributed by atoms with Gasteiger partial charge < -0.3 is 14.6 Å². The summed E-state index contributed by atoms with van der Waals surface area (Å²) in [5.74, 6) is 1.77. The summed E-state index contributed by atoms with van der Waals surface area (Å²) in [6.07, 6.45) is 1.54. The van der Waals surface area contributed by atoms with Gasteiger partial charge in [0, 0.05) is 30.0 Å². The minimum atomic E-state index is -0.0240. The molecule has 1 N–H and O–H groups in total. The zero-order chi connectivity index (χ0) is 18.9. The number of carbonyl (C=O) groups is 1. The van der Waals surface area contributed by atoms with E-state index in [1.165, 1.54) is 0 Å². The van der Waals surface area contributed by atoms with Crippen LogP contribution in [0.4, 0.5) is 0 Å². The van der Waals surface area contributed by atoms with Crippen LogP contribution < -0.4 is 10.1 Å². The van der Waals surface area contributed by atoms with Crippen molar-refractivity contribution in [2.75, 3.05) is 13.2 Å². The number of nitrogens with zero attached hydrogens (tertiary/aromatic N) is 2. The number of nitrogens with one attached hydrogen (secondary N) is 1. The van der Waals surface area contributed by atoms with E-state index in [0.29, 0.717) is 49.2 Å². The van der Waals surface area contributed by atoms with Crippen molar-refractivity contribution in [2.24, 2.45) is 0 Å². The lowest BCUT2D eigenvalue weighted by Crippen LogP contribution is -2.25. The maximum absolute atomic E-state index is 11.9. The topological polar surface area (TPSA) is 77.2 Å². The van der Waals surface area contributed by atoms with Gasteiger partial charge in [0.05, 0.1) is 6.61 Å². The lowest BCUT2D eigenvalue weighted by atomic mass is 10.2. The van der Waals surface area contributed by atoms with Gasteiger partial charge in [0.1, 0.15) is 5.75 Å². The van der Waals surface area contributed by atoms with Crippen LogP contribution in [0.25, 0.3) is 11.4 Å². The van der Waals surface area contributed by atoms with E-state index in [1.807, 2.05) is 42.5 Å². The second-order valence-corrected chi connectivity index (χ2v) is 6.32. The van der Waals surface area contributed by atoms with Crippen LogP contribution in [0, 0.1) is 0 Å². The maximum Gasteiger partial charge on any atom is 0.228 e. The second kappa shape index (κ2) is 9.73.